The van der Waals surface area contributed by atoms with Gasteiger partial charge in [-0.3, -0.25) is 9.89 Å². The second-order valence-corrected chi connectivity index (χ2v) is 8.11. The van der Waals surface area contributed by atoms with E-state index in [1.54, 1.807) is 7.05 Å². The number of aliphatic imine (C=N–C) groups is 1. The third-order valence-corrected chi connectivity index (χ3v) is 5.31. The van der Waals surface area contributed by atoms with E-state index in [2.05, 4.69) is 34.7 Å². The number of halogens is 4. The van der Waals surface area contributed by atoms with Gasteiger partial charge in [-0.2, -0.15) is 13.2 Å². The van der Waals surface area contributed by atoms with Gasteiger partial charge in [0, 0.05) is 20.1 Å². The summed E-state index contributed by atoms with van der Waals surface area (Å²) in [5, 5.41) is 6.62. The fraction of sp³-hybridized carbons (Fsp3) is 0.682. The molecule has 1 heterocycles. The highest BCUT2D eigenvalue weighted by molar-refractivity contribution is 14.0. The molecule has 0 amide bonds. The zero-order chi connectivity index (χ0) is 21.8. The maximum Gasteiger partial charge on any atom is 0.401 e. The predicted octanol–water partition coefficient (Wildman–Crippen LogP) is 4.29. The molecule has 0 spiro atoms. The van der Waals surface area contributed by atoms with Gasteiger partial charge < -0.3 is 15.4 Å². The summed E-state index contributed by atoms with van der Waals surface area (Å²) in [5.74, 6) is 1.55. The van der Waals surface area contributed by atoms with E-state index < -0.39 is 12.7 Å². The van der Waals surface area contributed by atoms with Crippen LogP contribution in [0, 0.1) is 11.8 Å². The summed E-state index contributed by atoms with van der Waals surface area (Å²) in [6.07, 6.45) is -1.52. The first kappa shape index (κ1) is 28.0. The first-order valence-corrected chi connectivity index (χ1v) is 10.7. The molecule has 178 valence electrons. The minimum atomic E-state index is -4.10. The van der Waals surface area contributed by atoms with Gasteiger partial charge in [-0.25, -0.2) is 0 Å². The molecule has 9 heteroatoms. The lowest BCUT2D eigenvalue weighted by Crippen LogP contribution is -2.42. The summed E-state index contributed by atoms with van der Waals surface area (Å²) in [6.45, 7) is 5.18. The Morgan fingerprint density at radius 1 is 1.19 bits per heavy atom. The topological polar surface area (TPSA) is 48.9 Å². The number of guanidine groups is 1. The van der Waals surface area contributed by atoms with Crippen molar-refractivity contribution in [1.82, 2.24) is 15.5 Å². The van der Waals surface area contributed by atoms with Crippen molar-refractivity contribution in [1.29, 1.82) is 0 Å². The molecule has 5 nitrogen and oxygen atoms in total. The molecule has 1 aliphatic rings. The van der Waals surface area contributed by atoms with Crippen LogP contribution in [0.5, 0.6) is 0 Å². The monoisotopic (exact) mass is 556 g/mol. The largest absolute Gasteiger partial charge is 0.401 e. The van der Waals surface area contributed by atoms with Crippen LogP contribution >= 0.6 is 24.0 Å². The summed E-state index contributed by atoms with van der Waals surface area (Å²) in [4.78, 5) is 5.75. The average molecular weight is 556 g/mol. The number of hydrogen-bond donors (Lipinski definition) is 2. The molecule has 1 fully saturated rings. The molecule has 31 heavy (non-hydrogen) atoms. The average Bonchev–Trinajstić information content (AvgIpc) is 2.71. The Balaban J connectivity index is 0.00000480. The minimum Gasteiger partial charge on any atom is -0.376 e. The van der Waals surface area contributed by atoms with Gasteiger partial charge in [-0.15, -0.1) is 24.0 Å². The van der Waals surface area contributed by atoms with Crippen molar-refractivity contribution >= 4 is 29.9 Å². The van der Waals surface area contributed by atoms with Crippen molar-refractivity contribution in [2.24, 2.45) is 16.8 Å². The molecule has 1 aromatic carbocycles. The van der Waals surface area contributed by atoms with Gasteiger partial charge in [0.05, 0.1) is 19.8 Å². The molecule has 0 bridgehead atoms. The molecule has 0 aliphatic carbocycles. The van der Waals surface area contributed by atoms with Crippen molar-refractivity contribution in [3.8, 4) is 0 Å². The first-order valence-electron chi connectivity index (χ1n) is 10.7. The van der Waals surface area contributed by atoms with Gasteiger partial charge in [0.15, 0.2) is 5.96 Å². The van der Waals surface area contributed by atoms with E-state index >= 15 is 0 Å². The number of rotatable bonds is 10. The van der Waals surface area contributed by atoms with Crippen LogP contribution in [0.4, 0.5) is 13.2 Å². The quantitative estimate of drug-likeness (QED) is 0.257. The van der Waals surface area contributed by atoms with Crippen molar-refractivity contribution in [2.45, 2.75) is 39.0 Å². The first-order chi connectivity index (χ1) is 14.4. The van der Waals surface area contributed by atoms with Gasteiger partial charge in [0.1, 0.15) is 0 Å². The molecular formula is C22H36F3IN4O. The van der Waals surface area contributed by atoms with E-state index in [1.807, 2.05) is 18.2 Å². The Kier molecular flexibility index (Phi) is 13.4. The fourth-order valence-corrected chi connectivity index (χ4v) is 3.58. The number of alkyl halides is 3. The standard InChI is InChI=1S/C22H35F3N4O.HI/c1-18(15-30-16-20-6-4-3-5-7-20)14-28-21(26-2)27-11-8-19-9-12-29(13-10-19)17-22(23,24)25;/h3-7,18-19H,8-17H2,1-2H3,(H2,26,27,28);1H. The molecule has 1 saturated heterocycles. The Labute approximate surface area is 201 Å². The van der Waals surface area contributed by atoms with Crippen LogP contribution in [0.15, 0.2) is 35.3 Å². The zero-order valence-electron chi connectivity index (χ0n) is 18.5. The minimum absolute atomic E-state index is 0. The molecule has 0 saturated carbocycles. The predicted molar refractivity (Wildman–Crippen MR) is 130 cm³/mol. The van der Waals surface area contributed by atoms with Crippen LogP contribution in [-0.2, 0) is 11.3 Å². The number of hydrogen-bond acceptors (Lipinski definition) is 3. The number of likely N-dealkylation sites (tertiary alicyclic amines) is 1. The summed E-state index contributed by atoms with van der Waals surface area (Å²) in [7, 11) is 1.74. The summed E-state index contributed by atoms with van der Waals surface area (Å²) < 4.78 is 43.2. The Bertz CT molecular complexity index is 623. The molecule has 0 radical (unpaired) electrons. The van der Waals surface area contributed by atoms with E-state index in [0.29, 0.717) is 38.1 Å². The van der Waals surface area contributed by atoms with Crippen LogP contribution in [0.25, 0.3) is 0 Å². The normalized spacial score (nSPS) is 17.1. The van der Waals surface area contributed by atoms with Crippen molar-refractivity contribution in [3.05, 3.63) is 35.9 Å². The lowest BCUT2D eigenvalue weighted by Gasteiger charge is -2.32. The maximum absolute atomic E-state index is 12.5. The number of piperidine rings is 1. The third-order valence-electron chi connectivity index (χ3n) is 5.31. The maximum atomic E-state index is 12.5. The highest BCUT2D eigenvalue weighted by Gasteiger charge is 2.32. The van der Waals surface area contributed by atoms with Crippen molar-refractivity contribution in [3.63, 3.8) is 0 Å². The SMILES string of the molecule is CN=C(NCCC1CCN(CC(F)(F)F)CC1)NCC(C)COCc1ccccc1.I. The second-order valence-electron chi connectivity index (χ2n) is 8.11. The molecular weight excluding hydrogens is 520 g/mol. The van der Waals surface area contributed by atoms with E-state index in [-0.39, 0.29) is 24.0 Å². The summed E-state index contributed by atoms with van der Waals surface area (Å²) in [5.41, 5.74) is 1.17. The molecule has 2 rings (SSSR count). The van der Waals surface area contributed by atoms with Gasteiger partial charge >= 0.3 is 6.18 Å². The second kappa shape index (κ2) is 14.9. The van der Waals surface area contributed by atoms with E-state index in [0.717, 1.165) is 38.3 Å². The zero-order valence-corrected chi connectivity index (χ0v) is 20.8. The van der Waals surface area contributed by atoms with Gasteiger partial charge in [-0.1, -0.05) is 37.3 Å². The van der Waals surface area contributed by atoms with E-state index in [9.17, 15) is 13.2 Å². The highest BCUT2D eigenvalue weighted by atomic mass is 127. The lowest BCUT2D eigenvalue weighted by molar-refractivity contribution is -0.148. The number of nitrogens with zero attached hydrogens (tertiary/aromatic N) is 2. The Hall–Kier alpha value is -1.07. The van der Waals surface area contributed by atoms with E-state index in [1.165, 1.54) is 10.5 Å². The van der Waals surface area contributed by atoms with Crippen molar-refractivity contribution in [2.75, 3.05) is 46.4 Å². The van der Waals surface area contributed by atoms with Crippen LogP contribution in [-0.4, -0.2) is 63.4 Å². The Morgan fingerprint density at radius 3 is 2.48 bits per heavy atom. The number of nitrogens with one attached hydrogen (secondary N) is 2. The van der Waals surface area contributed by atoms with Crippen LogP contribution in [0.2, 0.25) is 0 Å². The molecule has 2 N–H and O–H groups in total. The smallest absolute Gasteiger partial charge is 0.376 e. The Morgan fingerprint density at radius 2 is 1.87 bits per heavy atom. The fourth-order valence-electron chi connectivity index (χ4n) is 3.58. The van der Waals surface area contributed by atoms with E-state index in [4.69, 9.17) is 4.74 Å². The highest BCUT2D eigenvalue weighted by Crippen LogP contribution is 2.23. The molecule has 1 atom stereocenters. The van der Waals surface area contributed by atoms with Crippen molar-refractivity contribution < 1.29 is 17.9 Å². The summed E-state index contributed by atoms with van der Waals surface area (Å²) in [6, 6.07) is 10.1. The molecule has 0 aromatic heterocycles. The van der Waals surface area contributed by atoms with Crippen LogP contribution < -0.4 is 10.6 Å². The van der Waals surface area contributed by atoms with Gasteiger partial charge in [0.25, 0.3) is 0 Å². The molecule has 1 aliphatic heterocycles. The van der Waals surface area contributed by atoms with Crippen LogP contribution in [0.1, 0.15) is 31.7 Å². The number of ether oxygens (including phenoxy) is 1. The summed E-state index contributed by atoms with van der Waals surface area (Å²) >= 11 is 0. The van der Waals surface area contributed by atoms with Gasteiger partial charge in [-0.05, 0) is 49.8 Å². The number of benzene rings is 1. The molecule has 1 aromatic rings. The lowest BCUT2D eigenvalue weighted by atomic mass is 9.93. The molecule has 1 unspecified atom stereocenters. The van der Waals surface area contributed by atoms with Crippen LogP contribution in [0.3, 0.4) is 0 Å². The third kappa shape index (κ3) is 12.5. The van der Waals surface area contributed by atoms with Gasteiger partial charge in [0.2, 0.25) is 0 Å².